The quantitative estimate of drug-likeness (QED) is 0.829. The van der Waals surface area contributed by atoms with Gasteiger partial charge < -0.3 is 9.47 Å². The van der Waals surface area contributed by atoms with Crippen LogP contribution < -0.4 is 9.47 Å². The molecule has 21 heavy (non-hydrogen) atoms. The van der Waals surface area contributed by atoms with Gasteiger partial charge in [0.25, 0.3) is 0 Å². The molecule has 0 unspecified atom stereocenters. The maximum absolute atomic E-state index is 5.72. The van der Waals surface area contributed by atoms with Crippen molar-refractivity contribution < 1.29 is 9.47 Å². The van der Waals surface area contributed by atoms with Crippen LogP contribution in [0.3, 0.4) is 0 Å². The molecule has 0 spiro atoms. The third-order valence-electron chi connectivity index (χ3n) is 3.53. The van der Waals surface area contributed by atoms with E-state index in [1.165, 1.54) is 11.7 Å². The van der Waals surface area contributed by atoms with Gasteiger partial charge in [-0.3, -0.25) is 0 Å². The maximum atomic E-state index is 5.72. The number of methoxy groups -OCH3 is 2. The number of ether oxygens (including phenoxy) is 2. The number of nitrogens with zero attached hydrogens (tertiary/aromatic N) is 2. The minimum absolute atomic E-state index is 0.108. The van der Waals surface area contributed by atoms with Gasteiger partial charge in [-0.05, 0) is 10.8 Å². The molecule has 1 aromatic heterocycles. The van der Waals surface area contributed by atoms with Crippen molar-refractivity contribution in [1.29, 1.82) is 0 Å². The van der Waals surface area contributed by atoms with E-state index in [0.29, 0.717) is 0 Å². The Morgan fingerprint density at radius 2 is 1.05 bits per heavy atom. The van der Waals surface area contributed by atoms with Gasteiger partial charge in [-0.2, -0.15) is 8.75 Å². The molecule has 0 bridgehead atoms. The predicted molar refractivity (Wildman–Crippen MR) is 87.9 cm³/mol. The van der Waals surface area contributed by atoms with E-state index < -0.39 is 0 Å². The van der Waals surface area contributed by atoms with Crippen molar-refractivity contribution in [3.05, 3.63) is 11.1 Å². The van der Waals surface area contributed by atoms with Gasteiger partial charge in [0.15, 0.2) is 11.5 Å². The van der Waals surface area contributed by atoms with Gasteiger partial charge in [0, 0.05) is 11.1 Å². The molecule has 0 radical (unpaired) electrons. The van der Waals surface area contributed by atoms with Gasteiger partial charge in [-0.1, -0.05) is 41.5 Å². The van der Waals surface area contributed by atoms with Crippen molar-refractivity contribution >= 4 is 22.8 Å². The van der Waals surface area contributed by atoms with Crippen LogP contribution in [0.2, 0.25) is 0 Å². The Balaban J connectivity index is 3.05. The second kappa shape index (κ2) is 5.13. The Kier molecular flexibility index (Phi) is 3.91. The summed E-state index contributed by atoms with van der Waals surface area (Å²) in [7, 11) is 3.37. The average Bonchev–Trinajstić information content (AvgIpc) is 2.80. The lowest BCUT2D eigenvalue weighted by Gasteiger charge is -2.29. The fraction of sp³-hybridized carbons (Fsp3) is 0.625. The zero-order valence-electron chi connectivity index (χ0n) is 14.1. The van der Waals surface area contributed by atoms with Crippen molar-refractivity contribution in [2.75, 3.05) is 14.2 Å². The lowest BCUT2D eigenvalue weighted by Crippen LogP contribution is -2.19. The summed E-state index contributed by atoms with van der Waals surface area (Å²) in [6, 6.07) is 0. The third kappa shape index (κ3) is 2.59. The van der Waals surface area contributed by atoms with Crippen LogP contribution >= 0.6 is 11.7 Å². The van der Waals surface area contributed by atoms with Crippen LogP contribution in [-0.4, -0.2) is 23.0 Å². The van der Waals surface area contributed by atoms with Gasteiger partial charge in [0.05, 0.1) is 25.9 Å². The fourth-order valence-electron chi connectivity index (χ4n) is 2.74. The van der Waals surface area contributed by atoms with Crippen LogP contribution in [0.5, 0.6) is 11.5 Å². The van der Waals surface area contributed by atoms with Gasteiger partial charge in [0.2, 0.25) is 0 Å². The first-order chi connectivity index (χ1) is 9.62. The molecule has 2 aromatic rings. The highest BCUT2D eigenvalue weighted by Crippen LogP contribution is 2.49. The van der Waals surface area contributed by atoms with E-state index in [2.05, 4.69) is 50.3 Å². The highest BCUT2D eigenvalue weighted by atomic mass is 32.1. The van der Waals surface area contributed by atoms with E-state index in [-0.39, 0.29) is 10.8 Å². The molecule has 0 aliphatic rings. The van der Waals surface area contributed by atoms with Crippen molar-refractivity contribution in [1.82, 2.24) is 8.75 Å². The molecule has 0 aliphatic heterocycles. The fourth-order valence-corrected chi connectivity index (χ4v) is 3.30. The molecule has 0 saturated heterocycles. The van der Waals surface area contributed by atoms with Crippen LogP contribution in [0.25, 0.3) is 11.0 Å². The molecule has 1 heterocycles. The summed E-state index contributed by atoms with van der Waals surface area (Å²) in [5.41, 5.74) is 3.74. The van der Waals surface area contributed by atoms with Gasteiger partial charge in [-0.15, -0.1) is 0 Å². The number of benzene rings is 1. The molecule has 1 aromatic carbocycles. The molecule has 0 N–H and O–H groups in total. The van der Waals surface area contributed by atoms with Crippen molar-refractivity contribution in [3.63, 3.8) is 0 Å². The van der Waals surface area contributed by atoms with E-state index >= 15 is 0 Å². The zero-order chi connectivity index (χ0) is 16.0. The Morgan fingerprint density at radius 3 is 1.29 bits per heavy atom. The van der Waals surface area contributed by atoms with Gasteiger partial charge in [-0.25, -0.2) is 0 Å². The molecule has 4 nitrogen and oxygen atoms in total. The molecule has 0 atom stereocenters. The second-order valence-corrected chi connectivity index (χ2v) is 7.81. The van der Waals surface area contributed by atoms with Crippen LogP contribution in [0.15, 0.2) is 0 Å². The van der Waals surface area contributed by atoms with Crippen molar-refractivity contribution in [3.8, 4) is 11.5 Å². The summed E-state index contributed by atoms with van der Waals surface area (Å²) >= 11 is 1.24. The van der Waals surface area contributed by atoms with Crippen molar-refractivity contribution in [2.45, 2.75) is 52.4 Å². The van der Waals surface area contributed by atoms with Crippen molar-refractivity contribution in [2.24, 2.45) is 0 Å². The first-order valence-corrected chi connectivity index (χ1v) is 7.77. The Bertz CT molecular complexity index is 607. The number of hydrogen-bond acceptors (Lipinski definition) is 5. The van der Waals surface area contributed by atoms with Crippen LogP contribution in [0, 0.1) is 0 Å². The minimum atomic E-state index is -0.108. The molecule has 2 rings (SSSR count). The minimum Gasteiger partial charge on any atom is -0.492 e. The summed E-state index contributed by atoms with van der Waals surface area (Å²) in [6.45, 7) is 12.9. The third-order valence-corrected chi connectivity index (χ3v) is 4.06. The molecule has 116 valence electrons. The van der Waals surface area contributed by atoms with E-state index in [1.807, 2.05) is 0 Å². The molecule has 0 aliphatic carbocycles. The summed E-state index contributed by atoms with van der Waals surface area (Å²) in [5.74, 6) is 1.55. The standard InChI is InChI=1S/C16H24N2O2S/c1-15(2,3)9-11-12(18-21-17-11)10(16(4,5)6)14(20-8)13(9)19-7/h1-8H3. The molecular formula is C16H24N2O2S. The van der Waals surface area contributed by atoms with Gasteiger partial charge >= 0.3 is 0 Å². The van der Waals surface area contributed by atoms with Gasteiger partial charge in [0.1, 0.15) is 11.0 Å². The first-order valence-electron chi connectivity index (χ1n) is 7.04. The highest BCUT2D eigenvalue weighted by molar-refractivity contribution is 7.00. The lowest BCUT2D eigenvalue weighted by molar-refractivity contribution is 0.338. The molecular weight excluding hydrogens is 284 g/mol. The van der Waals surface area contributed by atoms with E-state index in [1.54, 1.807) is 14.2 Å². The first kappa shape index (κ1) is 16.0. The monoisotopic (exact) mass is 308 g/mol. The highest BCUT2D eigenvalue weighted by Gasteiger charge is 2.34. The van der Waals surface area contributed by atoms with Crippen LogP contribution in [0.4, 0.5) is 0 Å². The van der Waals surface area contributed by atoms with E-state index in [0.717, 1.165) is 33.7 Å². The molecule has 0 amide bonds. The van der Waals surface area contributed by atoms with Crippen LogP contribution in [0.1, 0.15) is 52.7 Å². The van der Waals surface area contributed by atoms with E-state index in [9.17, 15) is 0 Å². The normalized spacial score (nSPS) is 12.8. The Hall–Kier alpha value is -1.36. The largest absolute Gasteiger partial charge is 0.492 e. The number of aromatic nitrogens is 2. The zero-order valence-corrected chi connectivity index (χ0v) is 14.9. The summed E-state index contributed by atoms with van der Waals surface area (Å²) in [6.07, 6.45) is 0. The summed E-state index contributed by atoms with van der Waals surface area (Å²) in [5, 5.41) is 0. The SMILES string of the molecule is COc1c(OC)c(C(C)(C)C)c2nsnc2c1C(C)(C)C. The Labute approximate surface area is 130 Å². The van der Waals surface area contributed by atoms with E-state index in [4.69, 9.17) is 9.47 Å². The number of fused-ring (bicyclic) bond motifs is 1. The molecule has 0 fully saturated rings. The summed E-state index contributed by atoms with van der Waals surface area (Å²) in [4.78, 5) is 0. The number of hydrogen-bond donors (Lipinski definition) is 0. The molecule has 5 heteroatoms. The van der Waals surface area contributed by atoms with Crippen LogP contribution in [-0.2, 0) is 10.8 Å². The lowest BCUT2D eigenvalue weighted by atomic mass is 9.79. The summed E-state index contributed by atoms with van der Waals surface area (Å²) < 4.78 is 20.5. The average molecular weight is 308 g/mol. The topological polar surface area (TPSA) is 44.2 Å². The Morgan fingerprint density at radius 1 is 0.714 bits per heavy atom. The molecule has 0 saturated carbocycles. The number of rotatable bonds is 2. The smallest absolute Gasteiger partial charge is 0.167 e. The predicted octanol–water partition coefficient (Wildman–Crippen LogP) is 4.30. The maximum Gasteiger partial charge on any atom is 0.167 e. The second-order valence-electron chi connectivity index (χ2n) is 7.28.